The molecule has 2 saturated heterocycles. The van der Waals surface area contributed by atoms with Crippen LogP contribution in [0.5, 0.6) is 5.75 Å². The van der Waals surface area contributed by atoms with Gasteiger partial charge in [0.05, 0.1) is 6.61 Å². The van der Waals surface area contributed by atoms with Crippen LogP contribution >= 0.6 is 0 Å². The van der Waals surface area contributed by atoms with E-state index >= 15 is 0 Å². The Hall–Kier alpha value is -1.59. The van der Waals surface area contributed by atoms with Crippen molar-refractivity contribution in [2.24, 2.45) is 0 Å². The highest BCUT2D eigenvalue weighted by Gasteiger charge is 2.15. The molecule has 1 N–H and O–H groups in total. The Morgan fingerprint density at radius 1 is 1.12 bits per heavy atom. The largest absolute Gasteiger partial charge is 0.494 e. The first-order valence-electron chi connectivity index (χ1n) is 9.20. The maximum atomic E-state index is 10.7. The second-order valence-electron chi connectivity index (χ2n) is 6.85. The molecule has 3 rings (SSSR count). The van der Waals surface area contributed by atoms with Gasteiger partial charge in [-0.2, -0.15) is 0 Å². The van der Waals surface area contributed by atoms with Crippen LogP contribution in [0.15, 0.2) is 24.3 Å². The maximum Gasteiger partial charge on any atom is 0.209 e. The molecule has 0 bridgehead atoms. The standard InChI is InChI=1S/C19H29N3O2/c23-16-22-12-10-21(11-13-22)15-17-4-6-19(7-5-17)24-14-8-18-3-1-2-9-20-18/h4-7,16,18,20H,1-3,8-15H2/t18-/m0/s1. The molecule has 132 valence electrons. The van der Waals surface area contributed by atoms with Gasteiger partial charge in [-0.05, 0) is 43.5 Å². The number of hydrogen-bond donors (Lipinski definition) is 1. The topological polar surface area (TPSA) is 44.8 Å². The molecule has 2 aliphatic rings. The van der Waals surface area contributed by atoms with E-state index in [0.29, 0.717) is 6.04 Å². The third-order valence-corrected chi connectivity index (χ3v) is 5.03. The number of amides is 1. The molecule has 1 amide bonds. The van der Waals surface area contributed by atoms with E-state index in [1.54, 1.807) is 0 Å². The Morgan fingerprint density at radius 2 is 1.92 bits per heavy atom. The molecule has 1 aromatic carbocycles. The van der Waals surface area contributed by atoms with Crippen LogP contribution in [0, 0.1) is 0 Å². The Balaban J connectivity index is 1.38. The zero-order valence-electron chi connectivity index (χ0n) is 14.5. The smallest absolute Gasteiger partial charge is 0.209 e. The van der Waals surface area contributed by atoms with Crippen molar-refractivity contribution >= 4 is 6.41 Å². The summed E-state index contributed by atoms with van der Waals surface area (Å²) >= 11 is 0. The summed E-state index contributed by atoms with van der Waals surface area (Å²) in [7, 11) is 0. The number of carbonyl (C=O) groups excluding carboxylic acids is 1. The minimum Gasteiger partial charge on any atom is -0.494 e. The van der Waals surface area contributed by atoms with E-state index in [2.05, 4.69) is 34.5 Å². The predicted molar refractivity (Wildman–Crippen MR) is 95.1 cm³/mol. The molecule has 2 fully saturated rings. The summed E-state index contributed by atoms with van der Waals surface area (Å²) in [4.78, 5) is 15.0. The summed E-state index contributed by atoms with van der Waals surface area (Å²) in [6, 6.07) is 9.08. The van der Waals surface area contributed by atoms with Gasteiger partial charge in [0, 0.05) is 38.8 Å². The predicted octanol–water partition coefficient (Wildman–Crippen LogP) is 1.87. The molecule has 1 atom stereocenters. The molecular weight excluding hydrogens is 302 g/mol. The van der Waals surface area contributed by atoms with Crippen molar-refractivity contribution < 1.29 is 9.53 Å². The van der Waals surface area contributed by atoms with E-state index in [4.69, 9.17) is 4.74 Å². The lowest BCUT2D eigenvalue weighted by Crippen LogP contribution is -2.45. The molecule has 5 heteroatoms. The number of rotatable bonds is 7. The monoisotopic (exact) mass is 331 g/mol. The SMILES string of the molecule is O=CN1CCN(Cc2ccc(OCC[C@@H]3CCCCN3)cc2)CC1. The minimum absolute atomic E-state index is 0.628. The van der Waals surface area contributed by atoms with Crippen LogP contribution in [0.3, 0.4) is 0 Å². The van der Waals surface area contributed by atoms with Crippen LogP contribution in [0.4, 0.5) is 0 Å². The van der Waals surface area contributed by atoms with E-state index in [-0.39, 0.29) is 0 Å². The number of benzene rings is 1. The second kappa shape index (κ2) is 9.04. The summed E-state index contributed by atoms with van der Waals surface area (Å²) < 4.78 is 5.88. The molecular formula is C19H29N3O2. The number of ether oxygens (including phenoxy) is 1. The van der Waals surface area contributed by atoms with Gasteiger partial charge in [0.15, 0.2) is 0 Å². The lowest BCUT2D eigenvalue weighted by molar-refractivity contribution is -0.119. The first-order chi connectivity index (χ1) is 11.8. The second-order valence-corrected chi connectivity index (χ2v) is 6.85. The van der Waals surface area contributed by atoms with E-state index in [0.717, 1.165) is 64.5 Å². The molecule has 24 heavy (non-hydrogen) atoms. The van der Waals surface area contributed by atoms with Crippen molar-refractivity contribution in [1.29, 1.82) is 0 Å². The molecule has 0 aliphatic carbocycles. The Kier molecular flexibility index (Phi) is 6.49. The molecule has 1 aromatic rings. The van der Waals surface area contributed by atoms with Crippen LogP contribution in [-0.4, -0.2) is 61.6 Å². The molecule has 0 spiro atoms. The van der Waals surface area contributed by atoms with Gasteiger partial charge >= 0.3 is 0 Å². The fourth-order valence-corrected chi connectivity index (χ4v) is 3.47. The number of piperazine rings is 1. The molecule has 0 radical (unpaired) electrons. The Labute approximate surface area is 145 Å². The third kappa shape index (κ3) is 5.21. The number of nitrogens with zero attached hydrogens (tertiary/aromatic N) is 2. The number of piperidine rings is 1. The molecule has 0 aromatic heterocycles. The van der Waals surface area contributed by atoms with Gasteiger partial charge in [-0.25, -0.2) is 0 Å². The number of carbonyl (C=O) groups is 1. The van der Waals surface area contributed by atoms with Crippen molar-refractivity contribution in [3.8, 4) is 5.75 Å². The van der Waals surface area contributed by atoms with Crippen molar-refractivity contribution in [3.05, 3.63) is 29.8 Å². The van der Waals surface area contributed by atoms with Crippen LogP contribution in [0.2, 0.25) is 0 Å². The Bertz CT molecular complexity index is 492. The average Bonchev–Trinajstić information content (AvgIpc) is 2.65. The molecule has 5 nitrogen and oxygen atoms in total. The van der Waals surface area contributed by atoms with Crippen molar-refractivity contribution in [1.82, 2.24) is 15.1 Å². The molecule has 2 heterocycles. The summed E-state index contributed by atoms with van der Waals surface area (Å²) in [5, 5.41) is 3.56. The lowest BCUT2D eigenvalue weighted by Gasteiger charge is -2.32. The highest BCUT2D eigenvalue weighted by atomic mass is 16.5. The third-order valence-electron chi connectivity index (χ3n) is 5.03. The summed E-state index contributed by atoms with van der Waals surface area (Å²) in [5.74, 6) is 0.959. The zero-order chi connectivity index (χ0) is 16.6. The van der Waals surface area contributed by atoms with Gasteiger partial charge in [-0.1, -0.05) is 18.6 Å². The maximum absolute atomic E-state index is 10.7. The van der Waals surface area contributed by atoms with E-state index in [9.17, 15) is 4.79 Å². The van der Waals surface area contributed by atoms with Crippen molar-refractivity contribution in [2.75, 3.05) is 39.3 Å². The van der Waals surface area contributed by atoms with Gasteiger partial charge in [0.2, 0.25) is 6.41 Å². The van der Waals surface area contributed by atoms with Gasteiger partial charge in [0.1, 0.15) is 5.75 Å². The van der Waals surface area contributed by atoms with Gasteiger partial charge < -0.3 is 15.0 Å². The highest BCUT2D eigenvalue weighted by molar-refractivity contribution is 5.47. The van der Waals surface area contributed by atoms with E-state index in [1.165, 1.54) is 24.8 Å². The first-order valence-corrected chi connectivity index (χ1v) is 9.20. The van der Waals surface area contributed by atoms with Gasteiger partial charge in [0.25, 0.3) is 0 Å². The fourth-order valence-electron chi connectivity index (χ4n) is 3.47. The first kappa shape index (κ1) is 17.2. The van der Waals surface area contributed by atoms with Gasteiger partial charge in [-0.3, -0.25) is 9.69 Å². The summed E-state index contributed by atoms with van der Waals surface area (Å²) in [6.07, 6.45) is 5.96. The highest BCUT2D eigenvalue weighted by Crippen LogP contribution is 2.16. The van der Waals surface area contributed by atoms with Crippen molar-refractivity contribution in [3.63, 3.8) is 0 Å². The number of hydrogen-bond acceptors (Lipinski definition) is 4. The van der Waals surface area contributed by atoms with Crippen molar-refractivity contribution in [2.45, 2.75) is 38.3 Å². The van der Waals surface area contributed by atoms with E-state index < -0.39 is 0 Å². The van der Waals surface area contributed by atoms with Crippen LogP contribution in [-0.2, 0) is 11.3 Å². The summed E-state index contributed by atoms with van der Waals surface area (Å²) in [6.45, 7) is 6.45. The lowest BCUT2D eigenvalue weighted by atomic mass is 10.0. The van der Waals surface area contributed by atoms with Crippen LogP contribution in [0.25, 0.3) is 0 Å². The minimum atomic E-state index is 0.628. The van der Waals surface area contributed by atoms with E-state index in [1.807, 2.05) is 4.90 Å². The Morgan fingerprint density at radius 3 is 2.58 bits per heavy atom. The normalized spacial score (nSPS) is 22.3. The zero-order valence-corrected chi connectivity index (χ0v) is 14.5. The quantitative estimate of drug-likeness (QED) is 0.775. The van der Waals surface area contributed by atoms with Gasteiger partial charge in [-0.15, -0.1) is 0 Å². The summed E-state index contributed by atoms with van der Waals surface area (Å²) in [5.41, 5.74) is 1.30. The molecule has 0 saturated carbocycles. The van der Waals surface area contributed by atoms with Crippen LogP contribution in [0.1, 0.15) is 31.2 Å². The number of nitrogens with one attached hydrogen (secondary N) is 1. The fraction of sp³-hybridized carbons (Fsp3) is 0.632. The molecule has 0 unspecified atom stereocenters. The molecule has 2 aliphatic heterocycles. The van der Waals surface area contributed by atoms with Crippen LogP contribution < -0.4 is 10.1 Å². The average molecular weight is 331 g/mol.